The molecule has 1 saturated heterocycles. The quantitative estimate of drug-likeness (QED) is 0.203. The highest BCUT2D eigenvalue weighted by molar-refractivity contribution is 6.11. The number of carboxylic acids is 1. The molecule has 2 fully saturated rings. The van der Waals surface area contributed by atoms with E-state index in [1.165, 1.54) is 6.07 Å². The van der Waals surface area contributed by atoms with Crippen molar-refractivity contribution in [3.63, 3.8) is 0 Å². The maximum atomic E-state index is 13.9. The van der Waals surface area contributed by atoms with Gasteiger partial charge in [-0.1, -0.05) is 36.1 Å². The lowest BCUT2D eigenvalue weighted by Crippen LogP contribution is -2.29. The number of unbranched alkanes of at least 4 members (excludes halogenated alkanes) is 1. The Morgan fingerprint density at radius 2 is 1.77 bits per heavy atom. The zero-order valence-corrected chi connectivity index (χ0v) is 19.0. The molecule has 0 bridgehead atoms. The number of nitrogens with one attached hydrogen (secondary N) is 1. The largest absolute Gasteiger partial charge is 0.494 e. The first-order valence-corrected chi connectivity index (χ1v) is 11.5. The monoisotopic (exact) mass is 469 g/mol. The van der Waals surface area contributed by atoms with Crippen molar-refractivity contribution in [2.24, 2.45) is 5.41 Å². The summed E-state index contributed by atoms with van der Waals surface area (Å²) in [5.74, 6) is 5.77. The van der Waals surface area contributed by atoms with Crippen LogP contribution in [-0.2, 0) is 16.0 Å². The number of benzene rings is 3. The van der Waals surface area contributed by atoms with E-state index < -0.39 is 17.2 Å². The fraction of sp³-hybridized carbons (Fsp3) is 0.241. The summed E-state index contributed by atoms with van der Waals surface area (Å²) >= 11 is 0. The van der Waals surface area contributed by atoms with Crippen LogP contribution in [0.3, 0.4) is 0 Å². The molecule has 3 aromatic rings. The molecule has 2 aliphatic rings. The Morgan fingerprint density at radius 1 is 1.06 bits per heavy atom. The van der Waals surface area contributed by atoms with Crippen molar-refractivity contribution in [1.82, 2.24) is 0 Å². The van der Waals surface area contributed by atoms with E-state index in [0.717, 1.165) is 17.5 Å². The van der Waals surface area contributed by atoms with Gasteiger partial charge in [-0.3, -0.25) is 10.2 Å². The van der Waals surface area contributed by atoms with Gasteiger partial charge in [0.15, 0.2) is 0 Å². The van der Waals surface area contributed by atoms with E-state index in [4.69, 9.17) is 14.9 Å². The predicted molar refractivity (Wildman–Crippen MR) is 129 cm³/mol. The van der Waals surface area contributed by atoms with E-state index in [1.54, 1.807) is 42.5 Å². The SMILES string of the molecule is N=C(c1ccc(OCCCC#Cc2ccc(CC3(C(=O)O)C4OC43)cc2)cc1)c1ccccc1F. The average molecular weight is 470 g/mol. The Hall–Kier alpha value is -3.95. The Morgan fingerprint density at radius 3 is 2.40 bits per heavy atom. The number of aliphatic carboxylic acids is 1. The fourth-order valence-corrected chi connectivity index (χ4v) is 4.27. The summed E-state index contributed by atoms with van der Waals surface area (Å²) in [7, 11) is 0. The van der Waals surface area contributed by atoms with Gasteiger partial charge in [-0.2, -0.15) is 0 Å². The Bertz CT molecular complexity index is 1310. The zero-order valence-electron chi connectivity index (χ0n) is 19.0. The van der Waals surface area contributed by atoms with Crippen molar-refractivity contribution in [2.75, 3.05) is 6.61 Å². The molecule has 3 aromatic carbocycles. The molecule has 1 saturated carbocycles. The molecule has 2 atom stereocenters. The summed E-state index contributed by atoms with van der Waals surface area (Å²) in [4.78, 5) is 11.5. The molecule has 35 heavy (non-hydrogen) atoms. The highest BCUT2D eigenvalue weighted by atomic mass is 19.1. The van der Waals surface area contributed by atoms with Crippen LogP contribution in [0.15, 0.2) is 72.8 Å². The maximum absolute atomic E-state index is 13.9. The van der Waals surface area contributed by atoms with E-state index in [1.807, 2.05) is 24.3 Å². The Kier molecular flexibility index (Phi) is 6.10. The van der Waals surface area contributed by atoms with Gasteiger partial charge in [-0.05, 0) is 66.9 Å². The number of carboxylic acid groups (broad SMARTS) is 1. The summed E-state index contributed by atoms with van der Waals surface area (Å²) in [6.45, 7) is 0.513. The molecule has 2 N–H and O–H groups in total. The summed E-state index contributed by atoms with van der Waals surface area (Å²) in [5.41, 5.74) is 2.20. The van der Waals surface area contributed by atoms with Gasteiger partial charge in [0.05, 0.1) is 12.3 Å². The number of fused-ring (bicyclic) bond motifs is 1. The van der Waals surface area contributed by atoms with Crippen LogP contribution >= 0.6 is 0 Å². The van der Waals surface area contributed by atoms with Crippen LogP contribution in [0.1, 0.15) is 35.1 Å². The summed E-state index contributed by atoms with van der Waals surface area (Å²) in [6, 6.07) is 21.0. The van der Waals surface area contributed by atoms with Gasteiger partial charge in [0.25, 0.3) is 0 Å². The summed E-state index contributed by atoms with van der Waals surface area (Å²) in [5, 5.41) is 17.7. The van der Waals surface area contributed by atoms with Crippen LogP contribution in [0.2, 0.25) is 0 Å². The molecule has 0 spiro atoms. The van der Waals surface area contributed by atoms with Gasteiger partial charge < -0.3 is 14.6 Å². The van der Waals surface area contributed by atoms with Crippen molar-refractivity contribution in [3.05, 3.63) is 101 Å². The van der Waals surface area contributed by atoms with E-state index in [0.29, 0.717) is 30.8 Å². The Balaban J connectivity index is 1.05. The minimum atomic E-state index is -0.775. The molecule has 5 rings (SSSR count). The summed E-state index contributed by atoms with van der Waals surface area (Å²) < 4.78 is 24.8. The van der Waals surface area contributed by atoms with Crippen LogP contribution in [0.5, 0.6) is 5.75 Å². The van der Waals surface area contributed by atoms with Gasteiger partial charge in [-0.25, -0.2) is 4.39 Å². The van der Waals surface area contributed by atoms with Crippen molar-refractivity contribution in [3.8, 4) is 17.6 Å². The molecule has 1 heterocycles. The maximum Gasteiger partial charge on any atom is 0.315 e. The van der Waals surface area contributed by atoms with Crippen LogP contribution in [0.4, 0.5) is 4.39 Å². The minimum absolute atomic E-state index is 0.105. The first-order chi connectivity index (χ1) is 17.0. The second-order valence-corrected chi connectivity index (χ2v) is 8.83. The molecule has 2 unspecified atom stereocenters. The second kappa shape index (κ2) is 9.36. The molecule has 6 heteroatoms. The van der Waals surface area contributed by atoms with Crippen molar-refractivity contribution in [1.29, 1.82) is 5.41 Å². The highest BCUT2D eigenvalue weighted by Crippen LogP contribution is 2.66. The minimum Gasteiger partial charge on any atom is -0.494 e. The molecular formula is C29H24FNO4. The third kappa shape index (κ3) is 4.68. The number of rotatable bonds is 9. The lowest BCUT2D eigenvalue weighted by Gasteiger charge is -2.16. The van der Waals surface area contributed by atoms with E-state index in [-0.39, 0.29) is 23.5 Å². The first-order valence-electron chi connectivity index (χ1n) is 11.5. The molecule has 176 valence electrons. The summed E-state index contributed by atoms with van der Waals surface area (Å²) in [6.07, 6.45) is 1.73. The van der Waals surface area contributed by atoms with Crippen LogP contribution in [0.25, 0.3) is 0 Å². The average Bonchev–Trinajstić information content (AvgIpc) is 3.78. The normalized spacial score (nSPS) is 21.3. The topological polar surface area (TPSA) is 82.9 Å². The van der Waals surface area contributed by atoms with Crippen LogP contribution < -0.4 is 4.74 Å². The van der Waals surface area contributed by atoms with Crippen molar-refractivity contribution >= 4 is 11.7 Å². The first kappa shape index (κ1) is 22.8. The van der Waals surface area contributed by atoms with E-state index in [9.17, 15) is 14.3 Å². The number of epoxide rings is 1. The van der Waals surface area contributed by atoms with Crippen LogP contribution in [-0.4, -0.2) is 35.6 Å². The van der Waals surface area contributed by atoms with Crippen molar-refractivity contribution in [2.45, 2.75) is 31.5 Å². The number of hydrogen-bond acceptors (Lipinski definition) is 4. The molecule has 1 aliphatic carbocycles. The van der Waals surface area contributed by atoms with Gasteiger partial charge in [0, 0.05) is 23.1 Å². The lowest BCUT2D eigenvalue weighted by atomic mass is 9.94. The molecule has 1 aliphatic heterocycles. The Labute approximate surface area is 203 Å². The lowest BCUT2D eigenvalue weighted by molar-refractivity contribution is -0.149. The van der Waals surface area contributed by atoms with Gasteiger partial charge >= 0.3 is 5.97 Å². The van der Waals surface area contributed by atoms with Gasteiger partial charge in [0.2, 0.25) is 0 Å². The predicted octanol–water partition coefficient (Wildman–Crippen LogP) is 4.85. The number of carbonyl (C=O) groups is 1. The third-order valence-corrected chi connectivity index (χ3v) is 6.48. The van der Waals surface area contributed by atoms with Gasteiger partial charge in [0.1, 0.15) is 29.2 Å². The molecule has 0 aromatic heterocycles. The highest BCUT2D eigenvalue weighted by Gasteiger charge is 2.84. The number of ether oxygens (including phenoxy) is 2. The second-order valence-electron chi connectivity index (χ2n) is 8.83. The van der Waals surface area contributed by atoms with Gasteiger partial charge in [-0.15, -0.1) is 0 Å². The molecular weight excluding hydrogens is 445 g/mol. The van der Waals surface area contributed by atoms with Crippen LogP contribution in [0, 0.1) is 28.5 Å². The third-order valence-electron chi connectivity index (χ3n) is 6.48. The number of halogens is 1. The smallest absolute Gasteiger partial charge is 0.315 e. The number of hydrogen-bond donors (Lipinski definition) is 2. The fourth-order valence-electron chi connectivity index (χ4n) is 4.27. The standard InChI is InChI=1S/C29H24FNO4/c30-24-8-4-3-7-23(24)25(31)21-13-15-22(16-14-21)34-17-5-1-2-6-19-9-11-20(12-10-19)18-29(28(32)33)26-27(29)35-26/h3-4,7-16,26-27,31H,1,5,17-18H2,(H,32,33). The molecule has 0 amide bonds. The zero-order chi connectivity index (χ0) is 24.4. The molecule has 5 nitrogen and oxygen atoms in total. The van der Waals surface area contributed by atoms with Crippen molar-refractivity contribution < 1.29 is 23.8 Å². The van der Waals surface area contributed by atoms with E-state index in [2.05, 4.69) is 11.8 Å². The van der Waals surface area contributed by atoms with E-state index >= 15 is 0 Å². The molecule has 0 radical (unpaired) electrons.